The van der Waals surface area contributed by atoms with Crippen molar-refractivity contribution in [2.24, 2.45) is 0 Å². The molecule has 2 aromatic rings. The zero-order chi connectivity index (χ0) is 17.7. The molecular formula is C15H14F3N3O3. The molecular weight excluding hydrogens is 327 g/mol. The smallest absolute Gasteiger partial charge is 0.435 e. The number of nitrogens with zero attached hydrogens (tertiary/aromatic N) is 2. The molecule has 0 fully saturated rings. The quantitative estimate of drug-likeness (QED) is 0.849. The Kier molecular flexibility index (Phi) is 5.22. The summed E-state index contributed by atoms with van der Waals surface area (Å²) in [4.78, 5) is 23.5. The van der Waals surface area contributed by atoms with Crippen molar-refractivity contribution < 1.29 is 27.5 Å². The number of amides is 1. The summed E-state index contributed by atoms with van der Waals surface area (Å²) in [5, 5.41) is 5.78. The minimum Gasteiger partial charge on any atom is -0.462 e. The van der Waals surface area contributed by atoms with E-state index in [2.05, 4.69) is 10.4 Å². The highest BCUT2D eigenvalue weighted by Crippen LogP contribution is 2.27. The summed E-state index contributed by atoms with van der Waals surface area (Å²) in [6, 6.07) is 6.83. The van der Waals surface area contributed by atoms with Gasteiger partial charge in [0.2, 0.25) is 5.91 Å². The van der Waals surface area contributed by atoms with Crippen LogP contribution in [0.3, 0.4) is 0 Å². The number of aromatic nitrogens is 2. The fourth-order valence-corrected chi connectivity index (χ4v) is 1.89. The molecule has 1 heterocycles. The van der Waals surface area contributed by atoms with Crippen molar-refractivity contribution in [1.82, 2.24) is 9.78 Å². The Morgan fingerprint density at radius 3 is 2.67 bits per heavy atom. The molecule has 0 unspecified atom stereocenters. The van der Waals surface area contributed by atoms with Gasteiger partial charge in [-0.3, -0.25) is 9.48 Å². The first-order valence-corrected chi connectivity index (χ1v) is 6.97. The maximum absolute atomic E-state index is 12.4. The molecule has 9 heteroatoms. The molecule has 24 heavy (non-hydrogen) atoms. The van der Waals surface area contributed by atoms with Crippen molar-refractivity contribution in [1.29, 1.82) is 0 Å². The van der Waals surface area contributed by atoms with Gasteiger partial charge in [-0.15, -0.1) is 0 Å². The number of alkyl halides is 3. The molecule has 0 atom stereocenters. The van der Waals surface area contributed by atoms with Crippen LogP contribution in [0.15, 0.2) is 36.5 Å². The molecule has 0 aliphatic carbocycles. The zero-order valence-electron chi connectivity index (χ0n) is 12.6. The molecule has 0 saturated heterocycles. The first kappa shape index (κ1) is 17.5. The number of esters is 1. The summed E-state index contributed by atoms with van der Waals surface area (Å²) >= 11 is 0. The zero-order valence-corrected chi connectivity index (χ0v) is 12.6. The Bertz CT molecular complexity index is 741. The van der Waals surface area contributed by atoms with Crippen LogP contribution >= 0.6 is 0 Å². The van der Waals surface area contributed by atoms with E-state index in [1.807, 2.05) is 0 Å². The molecule has 128 valence electrons. The monoisotopic (exact) mass is 341 g/mol. The van der Waals surface area contributed by atoms with Crippen LogP contribution in [0.5, 0.6) is 0 Å². The van der Waals surface area contributed by atoms with Gasteiger partial charge in [-0.05, 0) is 31.2 Å². The van der Waals surface area contributed by atoms with Crippen molar-refractivity contribution in [2.45, 2.75) is 19.6 Å². The number of anilines is 1. The highest BCUT2D eigenvalue weighted by Gasteiger charge is 2.33. The van der Waals surface area contributed by atoms with Crippen molar-refractivity contribution in [2.75, 3.05) is 11.9 Å². The van der Waals surface area contributed by atoms with E-state index in [9.17, 15) is 22.8 Å². The van der Waals surface area contributed by atoms with E-state index >= 15 is 0 Å². The predicted octanol–water partition coefficient (Wildman–Crippen LogP) is 2.72. The lowest BCUT2D eigenvalue weighted by Gasteiger charge is -2.07. The maximum atomic E-state index is 12.4. The van der Waals surface area contributed by atoms with E-state index in [0.29, 0.717) is 5.69 Å². The van der Waals surface area contributed by atoms with Gasteiger partial charge >= 0.3 is 12.1 Å². The average Bonchev–Trinajstić information content (AvgIpc) is 2.96. The van der Waals surface area contributed by atoms with Crippen LogP contribution in [-0.4, -0.2) is 28.3 Å². The van der Waals surface area contributed by atoms with Crippen LogP contribution in [0.2, 0.25) is 0 Å². The molecule has 0 spiro atoms. The number of hydrogen-bond donors (Lipinski definition) is 1. The lowest BCUT2D eigenvalue weighted by atomic mass is 10.2. The number of halogens is 3. The lowest BCUT2D eigenvalue weighted by Crippen LogP contribution is -2.20. The number of benzene rings is 1. The van der Waals surface area contributed by atoms with Gasteiger partial charge in [0, 0.05) is 11.9 Å². The topological polar surface area (TPSA) is 73.2 Å². The summed E-state index contributed by atoms with van der Waals surface area (Å²) in [7, 11) is 0. The van der Waals surface area contributed by atoms with Crippen LogP contribution in [-0.2, 0) is 22.3 Å². The molecule has 1 amide bonds. The van der Waals surface area contributed by atoms with E-state index in [-0.39, 0.29) is 18.7 Å². The van der Waals surface area contributed by atoms with Gasteiger partial charge in [0.25, 0.3) is 0 Å². The summed E-state index contributed by atoms with van der Waals surface area (Å²) in [6.07, 6.45) is -3.49. The third-order valence-corrected chi connectivity index (χ3v) is 2.89. The van der Waals surface area contributed by atoms with Crippen molar-refractivity contribution in [3.05, 3.63) is 47.8 Å². The lowest BCUT2D eigenvalue weighted by molar-refractivity contribution is -0.141. The highest BCUT2D eigenvalue weighted by atomic mass is 19.4. The van der Waals surface area contributed by atoms with Crippen LogP contribution in [0.1, 0.15) is 23.0 Å². The van der Waals surface area contributed by atoms with E-state index in [1.54, 1.807) is 19.1 Å². The second-order valence-electron chi connectivity index (χ2n) is 4.75. The Morgan fingerprint density at radius 1 is 1.29 bits per heavy atom. The Hall–Kier alpha value is -2.84. The predicted molar refractivity (Wildman–Crippen MR) is 78.3 cm³/mol. The van der Waals surface area contributed by atoms with Crippen LogP contribution in [0, 0.1) is 0 Å². The number of ether oxygens (including phenoxy) is 1. The molecule has 2 rings (SSSR count). The van der Waals surface area contributed by atoms with Gasteiger partial charge in [-0.1, -0.05) is 6.07 Å². The molecule has 0 radical (unpaired) electrons. The number of carbonyl (C=O) groups excluding carboxylic acids is 2. The largest absolute Gasteiger partial charge is 0.462 e. The normalized spacial score (nSPS) is 11.2. The first-order valence-electron chi connectivity index (χ1n) is 6.97. The second-order valence-corrected chi connectivity index (χ2v) is 4.75. The fourth-order valence-electron chi connectivity index (χ4n) is 1.89. The van der Waals surface area contributed by atoms with Gasteiger partial charge < -0.3 is 10.1 Å². The molecule has 1 aromatic carbocycles. The van der Waals surface area contributed by atoms with Crippen molar-refractivity contribution in [3.8, 4) is 0 Å². The Balaban J connectivity index is 2.01. The number of carbonyl (C=O) groups is 2. The maximum Gasteiger partial charge on any atom is 0.435 e. The standard InChI is InChI=1S/C15H14F3N3O3/c1-2-24-14(23)10-4-3-5-11(8-10)19-13(22)9-21-7-6-12(20-21)15(16,17)18/h3-8H,2,9H2,1H3,(H,19,22). The molecule has 0 aliphatic heterocycles. The minimum absolute atomic E-state index is 0.219. The molecule has 0 aliphatic rings. The average molecular weight is 341 g/mol. The van der Waals surface area contributed by atoms with Gasteiger partial charge in [-0.2, -0.15) is 18.3 Å². The van der Waals surface area contributed by atoms with Gasteiger partial charge in [0.15, 0.2) is 5.69 Å². The Labute approximate surface area is 135 Å². The van der Waals surface area contributed by atoms with Crippen LogP contribution < -0.4 is 5.32 Å². The second kappa shape index (κ2) is 7.16. The molecule has 1 N–H and O–H groups in total. The summed E-state index contributed by atoms with van der Waals surface area (Å²) in [6.45, 7) is 1.50. The third kappa shape index (κ3) is 4.58. The fraction of sp³-hybridized carbons (Fsp3) is 0.267. The summed E-state index contributed by atoms with van der Waals surface area (Å²) in [5.41, 5.74) is -0.485. The molecule has 1 aromatic heterocycles. The van der Waals surface area contributed by atoms with E-state index in [0.717, 1.165) is 16.9 Å². The molecule has 0 bridgehead atoms. The van der Waals surface area contributed by atoms with Gasteiger partial charge in [-0.25, -0.2) is 4.79 Å². The van der Waals surface area contributed by atoms with E-state index < -0.39 is 23.7 Å². The van der Waals surface area contributed by atoms with Crippen molar-refractivity contribution >= 4 is 17.6 Å². The van der Waals surface area contributed by atoms with E-state index in [4.69, 9.17) is 4.74 Å². The Morgan fingerprint density at radius 2 is 2.04 bits per heavy atom. The number of nitrogens with one attached hydrogen (secondary N) is 1. The molecule has 6 nitrogen and oxygen atoms in total. The number of hydrogen-bond acceptors (Lipinski definition) is 4. The minimum atomic E-state index is -4.56. The summed E-state index contributed by atoms with van der Waals surface area (Å²) in [5.74, 6) is -1.11. The van der Waals surface area contributed by atoms with Gasteiger partial charge in [0.05, 0.1) is 12.2 Å². The highest BCUT2D eigenvalue weighted by molar-refractivity contribution is 5.94. The summed E-state index contributed by atoms with van der Waals surface area (Å²) < 4.78 is 43.1. The molecule has 0 saturated carbocycles. The third-order valence-electron chi connectivity index (χ3n) is 2.89. The van der Waals surface area contributed by atoms with Crippen LogP contribution in [0.25, 0.3) is 0 Å². The first-order chi connectivity index (χ1) is 11.3. The van der Waals surface area contributed by atoms with Gasteiger partial charge in [0.1, 0.15) is 6.54 Å². The van der Waals surface area contributed by atoms with Crippen molar-refractivity contribution in [3.63, 3.8) is 0 Å². The van der Waals surface area contributed by atoms with E-state index in [1.165, 1.54) is 12.1 Å². The SMILES string of the molecule is CCOC(=O)c1cccc(NC(=O)Cn2ccc(C(F)(F)F)n2)c1. The van der Waals surface area contributed by atoms with Crippen LogP contribution in [0.4, 0.5) is 18.9 Å². The number of rotatable bonds is 5.